The molecule has 2 atom stereocenters. The normalized spacial score (nSPS) is 22.4. The molecule has 0 saturated carbocycles. The Labute approximate surface area is 113 Å². The van der Waals surface area contributed by atoms with Crippen LogP contribution in [0.25, 0.3) is 11.4 Å². The first-order valence-corrected chi connectivity index (χ1v) is 6.22. The number of hydrogen-bond donors (Lipinski definition) is 1. The number of aromatic nitrogens is 2. The summed E-state index contributed by atoms with van der Waals surface area (Å²) in [5.41, 5.74) is 0.375. The molecular weight excluding hydrogens is 268 g/mol. The van der Waals surface area contributed by atoms with E-state index in [0.717, 1.165) is 18.6 Å². The molecule has 1 aromatic heterocycles. The molecule has 106 valence electrons. The number of ether oxygens (including phenoxy) is 1. The van der Waals surface area contributed by atoms with E-state index in [-0.39, 0.29) is 18.0 Å². The summed E-state index contributed by atoms with van der Waals surface area (Å²) in [5, 5.41) is 7.00. The van der Waals surface area contributed by atoms with Gasteiger partial charge in [0.15, 0.2) is 11.6 Å². The van der Waals surface area contributed by atoms with Crippen LogP contribution in [0, 0.1) is 11.6 Å². The second kappa shape index (κ2) is 5.26. The summed E-state index contributed by atoms with van der Waals surface area (Å²) in [6.45, 7) is 0.712. The lowest BCUT2D eigenvalue weighted by Gasteiger charge is -2.04. The van der Waals surface area contributed by atoms with Crippen LogP contribution in [0.3, 0.4) is 0 Å². The van der Waals surface area contributed by atoms with Crippen molar-refractivity contribution in [3.63, 3.8) is 0 Å². The lowest BCUT2D eigenvalue weighted by molar-refractivity contribution is 0.116. The molecule has 1 aromatic carbocycles. The molecule has 20 heavy (non-hydrogen) atoms. The maximum absolute atomic E-state index is 13.2. The minimum Gasteiger partial charge on any atom is -0.380 e. The Morgan fingerprint density at radius 3 is 2.90 bits per heavy atom. The van der Waals surface area contributed by atoms with E-state index in [1.807, 2.05) is 0 Å². The predicted molar refractivity (Wildman–Crippen MR) is 65.8 cm³/mol. The van der Waals surface area contributed by atoms with E-state index in [0.29, 0.717) is 18.0 Å². The number of rotatable bonds is 3. The van der Waals surface area contributed by atoms with Crippen LogP contribution in [0.2, 0.25) is 0 Å². The van der Waals surface area contributed by atoms with Gasteiger partial charge in [-0.05, 0) is 24.6 Å². The fourth-order valence-electron chi connectivity index (χ4n) is 2.20. The second-order valence-corrected chi connectivity index (χ2v) is 4.64. The van der Waals surface area contributed by atoms with Crippen molar-refractivity contribution in [1.82, 2.24) is 15.5 Å². The zero-order chi connectivity index (χ0) is 14.1. The maximum Gasteiger partial charge on any atom is 0.244 e. The largest absolute Gasteiger partial charge is 0.380 e. The molecule has 7 heteroatoms. The molecule has 5 nitrogen and oxygen atoms in total. The highest BCUT2D eigenvalue weighted by atomic mass is 19.2. The quantitative estimate of drug-likeness (QED) is 0.933. The summed E-state index contributed by atoms with van der Waals surface area (Å²) in [4.78, 5) is 4.22. The standard InChI is InChI=1S/C13H13F2N3O2/c1-19-8-5-11(16-6-8)13-17-12(18-20-13)7-2-3-9(14)10(15)4-7/h2-4,8,11,16H,5-6H2,1H3/t8-,11+/m0/s1. The van der Waals surface area contributed by atoms with Gasteiger partial charge in [-0.15, -0.1) is 0 Å². The molecule has 2 heterocycles. The summed E-state index contributed by atoms with van der Waals surface area (Å²) in [6.07, 6.45) is 0.842. The summed E-state index contributed by atoms with van der Waals surface area (Å²) in [5.74, 6) is -1.18. The maximum atomic E-state index is 13.2. The van der Waals surface area contributed by atoms with Gasteiger partial charge in [-0.25, -0.2) is 8.78 Å². The van der Waals surface area contributed by atoms with Gasteiger partial charge in [0.2, 0.25) is 11.7 Å². The van der Waals surface area contributed by atoms with Crippen molar-refractivity contribution >= 4 is 0 Å². The van der Waals surface area contributed by atoms with Gasteiger partial charge in [0.25, 0.3) is 0 Å². The average molecular weight is 281 g/mol. The van der Waals surface area contributed by atoms with E-state index in [1.165, 1.54) is 6.07 Å². The molecule has 1 aliphatic heterocycles. The topological polar surface area (TPSA) is 60.2 Å². The number of nitrogens with one attached hydrogen (secondary N) is 1. The van der Waals surface area contributed by atoms with Crippen molar-refractivity contribution < 1.29 is 18.0 Å². The first kappa shape index (κ1) is 13.1. The van der Waals surface area contributed by atoms with Gasteiger partial charge in [0.05, 0.1) is 12.1 Å². The van der Waals surface area contributed by atoms with Crippen LogP contribution in [0.5, 0.6) is 0 Å². The number of nitrogens with zero attached hydrogens (tertiary/aromatic N) is 2. The fourth-order valence-corrected chi connectivity index (χ4v) is 2.20. The van der Waals surface area contributed by atoms with Gasteiger partial charge in [-0.2, -0.15) is 4.98 Å². The van der Waals surface area contributed by atoms with Crippen LogP contribution >= 0.6 is 0 Å². The molecule has 0 bridgehead atoms. The zero-order valence-corrected chi connectivity index (χ0v) is 10.8. The van der Waals surface area contributed by atoms with E-state index in [9.17, 15) is 8.78 Å². The molecule has 1 fully saturated rings. The van der Waals surface area contributed by atoms with Crippen molar-refractivity contribution in [3.8, 4) is 11.4 Å². The highest BCUT2D eigenvalue weighted by Crippen LogP contribution is 2.26. The number of methoxy groups -OCH3 is 1. The highest BCUT2D eigenvalue weighted by molar-refractivity contribution is 5.54. The van der Waals surface area contributed by atoms with E-state index < -0.39 is 11.6 Å². The monoisotopic (exact) mass is 281 g/mol. The summed E-state index contributed by atoms with van der Waals surface area (Å²) in [6, 6.07) is 3.42. The molecule has 0 spiro atoms. The summed E-state index contributed by atoms with van der Waals surface area (Å²) >= 11 is 0. The Morgan fingerprint density at radius 1 is 1.35 bits per heavy atom. The molecule has 0 radical (unpaired) electrons. The summed E-state index contributed by atoms with van der Waals surface area (Å²) < 4.78 is 36.5. The van der Waals surface area contributed by atoms with Crippen LogP contribution in [0.1, 0.15) is 18.4 Å². The highest BCUT2D eigenvalue weighted by Gasteiger charge is 2.29. The third-order valence-electron chi connectivity index (χ3n) is 3.34. The first-order valence-electron chi connectivity index (χ1n) is 6.22. The molecule has 0 unspecified atom stereocenters. The van der Waals surface area contributed by atoms with Crippen molar-refractivity contribution in [2.45, 2.75) is 18.6 Å². The van der Waals surface area contributed by atoms with E-state index in [2.05, 4.69) is 15.5 Å². The van der Waals surface area contributed by atoms with Gasteiger partial charge >= 0.3 is 0 Å². The Bertz CT molecular complexity index is 617. The Balaban J connectivity index is 1.81. The number of halogens is 2. The molecule has 1 saturated heterocycles. The third-order valence-corrected chi connectivity index (χ3v) is 3.34. The zero-order valence-electron chi connectivity index (χ0n) is 10.8. The Morgan fingerprint density at radius 2 is 2.20 bits per heavy atom. The van der Waals surface area contributed by atoms with Crippen molar-refractivity contribution in [2.75, 3.05) is 13.7 Å². The van der Waals surface area contributed by atoms with Gasteiger partial charge in [0, 0.05) is 19.2 Å². The molecule has 1 N–H and O–H groups in total. The first-order chi connectivity index (χ1) is 9.67. The molecule has 0 aliphatic carbocycles. The molecule has 3 rings (SSSR count). The van der Waals surface area contributed by atoms with Crippen molar-refractivity contribution in [2.24, 2.45) is 0 Å². The smallest absolute Gasteiger partial charge is 0.244 e. The van der Waals surface area contributed by atoms with Gasteiger partial charge < -0.3 is 14.6 Å². The second-order valence-electron chi connectivity index (χ2n) is 4.64. The lowest BCUT2D eigenvalue weighted by Crippen LogP contribution is -2.16. The predicted octanol–water partition coefficient (Wildman–Crippen LogP) is 2.06. The molecule has 0 amide bonds. The minimum absolute atomic E-state index is 0.0773. The SMILES string of the molecule is CO[C@@H]1CN[C@@H](c2nc(-c3ccc(F)c(F)c3)no2)C1. The summed E-state index contributed by atoms with van der Waals surface area (Å²) in [7, 11) is 1.65. The lowest BCUT2D eigenvalue weighted by atomic mass is 10.2. The van der Waals surface area contributed by atoms with Gasteiger partial charge in [-0.1, -0.05) is 5.16 Å². The Kier molecular flexibility index (Phi) is 3.45. The van der Waals surface area contributed by atoms with Crippen LogP contribution < -0.4 is 5.32 Å². The van der Waals surface area contributed by atoms with Crippen LogP contribution in [0.4, 0.5) is 8.78 Å². The van der Waals surface area contributed by atoms with Gasteiger partial charge in [-0.3, -0.25) is 0 Å². The number of hydrogen-bond acceptors (Lipinski definition) is 5. The van der Waals surface area contributed by atoms with Crippen molar-refractivity contribution in [1.29, 1.82) is 0 Å². The average Bonchev–Trinajstić information content (AvgIpc) is 3.09. The fraction of sp³-hybridized carbons (Fsp3) is 0.385. The minimum atomic E-state index is -0.938. The molecule has 2 aromatic rings. The van der Waals surface area contributed by atoms with Crippen LogP contribution in [-0.4, -0.2) is 29.9 Å². The van der Waals surface area contributed by atoms with Crippen molar-refractivity contribution in [3.05, 3.63) is 35.7 Å². The molecule has 1 aliphatic rings. The Hall–Kier alpha value is -1.86. The van der Waals surface area contributed by atoms with Crippen LogP contribution in [0.15, 0.2) is 22.7 Å². The van der Waals surface area contributed by atoms with E-state index in [4.69, 9.17) is 9.26 Å². The van der Waals surface area contributed by atoms with E-state index in [1.54, 1.807) is 7.11 Å². The van der Waals surface area contributed by atoms with E-state index >= 15 is 0 Å². The number of benzene rings is 1. The van der Waals surface area contributed by atoms with Gasteiger partial charge in [0.1, 0.15) is 0 Å². The molecular formula is C13H13F2N3O2. The van der Waals surface area contributed by atoms with Crippen LogP contribution in [-0.2, 0) is 4.74 Å². The third kappa shape index (κ3) is 2.41.